The molecule has 0 aliphatic carbocycles. The van der Waals surface area contributed by atoms with Gasteiger partial charge in [-0.3, -0.25) is 0 Å². The number of carbonyl (C=O) groups excluding carboxylic acids is 1. The van der Waals surface area contributed by atoms with E-state index in [2.05, 4.69) is 14.8 Å². The molecule has 1 aromatic heterocycles. The fourth-order valence-corrected chi connectivity index (χ4v) is 1.97. The predicted octanol–water partition coefficient (Wildman–Crippen LogP) is 4.28. The summed E-state index contributed by atoms with van der Waals surface area (Å²) in [6.07, 6.45) is -7.26. The van der Waals surface area contributed by atoms with Crippen LogP contribution in [0, 0.1) is 0 Å². The van der Waals surface area contributed by atoms with Gasteiger partial charge in [0.2, 0.25) is 0 Å². The van der Waals surface area contributed by atoms with Crippen LogP contribution in [0.3, 0.4) is 0 Å². The summed E-state index contributed by atoms with van der Waals surface area (Å²) in [6.45, 7) is 3.26. The Bertz CT molecular complexity index is 871. The van der Waals surface area contributed by atoms with Crippen molar-refractivity contribution in [2.45, 2.75) is 32.5 Å². The molecule has 0 saturated carbocycles. The van der Waals surface area contributed by atoms with Gasteiger partial charge in [-0.05, 0) is 32.0 Å². The van der Waals surface area contributed by atoms with E-state index < -0.39 is 29.8 Å². The predicted molar refractivity (Wildman–Crippen MR) is 83.7 cm³/mol. The first-order valence-electron chi connectivity index (χ1n) is 7.62. The van der Waals surface area contributed by atoms with Gasteiger partial charge in [-0.1, -0.05) is 0 Å². The Morgan fingerprint density at radius 3 is 2.39 bits per heavy atom. The zero-order chi connectivity index (χ0) is 21.1. The van der Waals surface area contributed by atoms with E-state index >= 15 is 0 Å². The number of hydrogen-bond donors (Lipinski definition) is 0. The molecule has 0 N–H and O–H groups in total. The number of ether oxygens (including phenoxy) is 2. The summed E-state index contributed by atoms with van der Waals surface area (Å²) in [6, 6.07) is 1.52. The minimum Gasteiger partial charge on any atom is -0.460 e. The summed E-state index contributed by atoms with van der Waals surface area (Å²) in [5.41, 5.74) is -1.72. The molecule has 28 heavy (non-hydrogen) atoms. The van der Waals surface area contributed by atoms with E-state index in [1.54, 1.807) is 13.8 Å². The molecule has 1 heterocycles. The average Bonchev–Trinajstić information content (AvgIpc) is 2.98. The maximum absolute atomic E-state index is 13.0. The number of alkyl halides is 6. The number of halogens is 6. The summed E-state index contributed by atoms with van der Waals surface area (Å²) in [7, 11) is 0. The first-order chi connectivity index (χ1) is 12.8. The molecule has 0 aliphatic rings. The third-order valence-electron chi connectivity index (χ3n) is 2.95. The van der Waals surface area contributed by atoms with Crippen molar-refractivity contribution in [1.29, 1.82) is 0 Å². The van der Waals surface area contributed by atoms with E-state index in [4.69, 9.17) is 4.74 Å². The topological polar surface area (TPSA) is 66.2 Å². The lowest BCUT2D eigenvalue weighted by Gasteiger charge is -2.13. The van der Waals surface area contributed by atoms with Gasteiger partial charge < -0.3 is 9.47 Å². The summed E-state index contributed by atoms with van der Waals surface area (Å²) in [4.78, 5) is 15.1. The second kappa shape index (κ2) is 7.90. The highest BCUT2D eigenvalue weighted by molar-refractivity contribution is 5.85. The molecule has 0 spiro atoms. The molecule has 0 atom stereocenters. The minimum atomic E-state index is -5.17. The van der Waals surface area contributed by atoms with E-state index in [-0.39, 0.29) is 23.6 Å². The Labute approximate surface area is 154 Å². The van der Waals surface area contributed by atoms with Crippen LogP contribution in [0.25, 0.3) is 17.6 Å². The molecule has 12 heteroatoms. The third-order valence-corrected chi connectivity index (χ3v) is 2.95. The van der Waals surface area contributed by atoms with Crippen LogP contribution in [0.4, 0.5) is 26.3 Å². The van der Waals surface area contributed by atoms with Gasteiger partial charge in [0.05, 0.1) is 11.7 Å². The van der Waals surface area contributed by atoms with Crippen LogP contribution in [0.1, 0.15) is 19.4 Å². The number of rotatable bonds is 5. The molecule has 2 aromatic rings. The second-order valence-electron chi connectivity index (χ2n) is 5.64. The lowest BCUT2D eigenvalue weighted by molar-refractivity contribution is -0.274. The molecule has 0 fully saturated rings. The smallest absolute Gasteiger partial charge is 0.460 e. The molecule has 6 nitrogen and oxygen atoms in total. The highest BCUT2D eigenvalue weighted by atomic mass is 19.4. The van der Waals surface area contributed by atoms with E-state index in [1.807, 2.05) is 0 Å². The van der Waals surface area contributed by atoms with Crippen molar-refractivity contribution in [1.82, 2.24) is 14.8 Å². The fraction of sp³-hybridized carbons (Fsp3) is 0.312. The summed E-state index contributed by atoms with van der Waals surface area (Å²) in [5.74, 6) is -2.06. The van der Waals surface area contributed by atoms with Crippen LogP contribution in [0.5, 0.6) is 5.75 Å². The van der Waals surface area contributed by atoms with Gasteiger partial charge in [-0.15, -0.1) is 18.3 Å². The molecule has 0 bridgehead atoms. The largest absolute Gasteiger partial charge is 0.573 e. The molecule has 0 saturated heterocycles. The molecular formula is C16H13F6N3O3. The number of hydrogen-bond acceptors (Lipinski definition) is 5. The van der Waals surface area contributed by atoms with Crippen molar-refractivity contribution < 1.29 is 40.6 Å². The van der Waals surface area contributed by atoms with Crippen molar-refractivity contribution in [3.63, 3.8) is 0 Å². The monoisotopic (exact) mass is 409 g/mol. The summed E-state index contributed by atoms with van der Waals surface area (Å²) < 4.78 is 85.5. The number of esters is 1. The minimum absolute atomic E-state index is 0.218. The normalized spacial score (nSPS) is 12.6. The van der Waals surface area contributed by atoms with Gasteiger partial charge in [0.15, 0.2) is 5.82 Å². The number of carbonyl (C=O) groups is 1. The van der Waals surface area contributed by atoms with Crippen molar-refractivity contribution in [2.75, 3.05) is 0 Å². The van der Waals surface area contributed by atoms with Gasteiger partial charge in [0.1, 0.15) is 12.1 Å². The lowest BCUT2D eigenvalue weighted by Crippen LogP contribution is -2.18. The van der Waals surface area contributed by atoms with Gasteiger partial charge >= 0.3 is 18.5 Å². The van der Waals surface area contributed by atoms with Crippen molar-refractivity contribution in [3.05, 3.63) is 36.2 Å². The van der Waals surface area contributed by atoms with Gasteiger partial charge in [0.25, 0.3) is 0 Å². The van der Waals surface area contributed by atoms with Crippen molar-refractivity contribution in [3.8, 4) is 17.1 Å². The van der Waals surface area contributed by atoms with E-state index in [0.717, 1.165) is 29.4 Å². The maximum atomic E-state index is 13.0. The molecule has 0 unspecified atom stereocenters. The highest BCUT2D eigenvalue weighted by Gasteiger charge is 2.35. The highest BCUT2D eigenvalue weighted by Crippen LogP contribution is 2.36. The number of benzene rings is 1. The van der Waals surface area contributed by atoms with Gasteiger partial charge in [0, 0.05) is 17.8 Å². The van der Waals surface area contributed by atoms with Crippen LogP contribution in [0.2, 0.25) is 0 Å². The van der Waals surface area contributed by atoms with Gasteiger partial charge in [-0.2, -0.15) is 13.2 Å². The molecule has 2 rings (SSSR count). The molecule has 0 radical (unpaired) electrons. The maximum Gasteiger partial charge on any atom is 0.573 e. The zero-order valence-corrected chi connectivity index (χ0v) is 14.4. The van der Waals surface area contributed by atoms with Crippen LogP contribution < -0.4 is 4.74 Å². The average molecular weight is 409 g/mol. The number of nitrogens with zero attached hydrogens (tertiary/aromatic N) is 3. The fourth-order valence-electron chi connectivity index (χ4n) is 1.97. The quantitative estimate of drug-likeness (QED) is 0.419. The molecule has 0 amide bonds. The Kier molecular flexibility index (Phi) is 6.00. The van der Waals surface area contributed by atoms with Crippen molar-refractivity contribution >= 4 is 12.2 Å². The van der Waals surface area contributed by atoms with Crippen LogP contribution in [-0.2, 0) is 15.7 Å². The molecule has 0 aliphatic heterocycles. The van der Waals surface area contributed by atoms with Crippen LogP contribution >= 0.6 is 0 Å². The number of aromatic nitrogens is 3. The Morgan fingerprint density at radius 2 is 1.82 bits per heavy atom. The second-order valence-corrected chi connectivity index (χ2v) is 5.64. The molecule has 152 valence electrons. The zero-order valence-electron chi connectivity index (χ0n) is 14.4. The standard InChI is InChI=1S/C16H13F6N3O3/c1-9(2)27-13(26)3-4-25-8-23-14(24-25)10-5-11(15(17,18)19)7-12(6-10)28-16(20,21)22/h3-9H,1-2H3. The van der Waals surface area contributed by atoms with E-state index in [0.29, 0.717) is 6.07 Å². The first kappa shape index (κ1) is 21.3. The first-order valence-corrected chi connectivity index (χ1v) is 7.62. The van der Waals surface area contributed by atoms with Gasteiger partial charge in [-0.25, -0.2) is 14.5 Å². The SMILES string of the molecule is CC(C)OC(=O)C=Cn1cnc(-c2cc(OC(F)(F)F)cc(C(F)(F)F)c2)n1. The van der Waals surface area contributed by atoms with E-state index in [1.165, 1.54) is 0 Å². The Balaban J connectivity index is 2.34. The van der Waals surface area contributed by atoms with E-state index in [9.17, 15) is 31.1 Å². The van der Waals surface area contributed by atoms with Crippen molar-refractivity contribution in [2.24, 2.45) is 0 Å². The third kappa shape index (κ3) is 6.28. The summed E-state index contributed by atoms with van der Waals surface area (Å²) in [5, 5.41) is 3.80. The molecular weight excluding hydrogens is 396 g/mol. The summed E-state index contributed by atoms with van der Waals surface area (Å²) >= 11 is 0. The van der Waals surface area contributed by atoms with Crippen LogP contribution in [0.15, 0.2) is 30.6 Å². The lowest BCUT2D eigenvalue weighted by atomic mass is 10.1. The Hall–Kier alpha value is -3.05. The van der Waals surface area contributed by atoms with Crippen LogP contribution in [-0.4, -0.2) is 33.2 Å². The Morgan fingerprint density at radius 1 is 1.14 bits per heavy atom. The molecule has 1 aromatic carbocycles.